The molecule has 1 aromatic carbocycles. The zero-order valence-electron chi connectivity index (χ0n) is 24.6. The first-order valence-electron chi connectivity index (χ1n) is 13.9. The molecule has 5 heterocycles. The fraction of sp³-hybridized carbons (Fsp3) is 0.333. The SMILES string of the molecule is Cc1cc(C(C)Nc2ccc(Cl)nc2-c2noc(=O)[nH]2)c2oc(-c3cnn(C4CN(C(=O)C(C)(C)O)C4)c3)c(C)c(=O)c2c1. The van der Waals surface area contributed by atoms with Gasteiger partial charge in [0.15, 0.2) is 5.43 Å². The summed E-state index contributed by atoms with van der Waals surface area (Å²) in [7, 11) is 0. The Morgan fingerprint density at radius 3 is 2.66 bits per heavy atom. The lowest BCUT2D eigenvalue weighted by atomic mass is 9.99. The van der Waals surface area contributed by atoms with Gasteiger partial charge in [-0.2, -0.15) is 5.10 Å². The molecule has 44 heavy (non-hydrogen) atoms. The van der Waals surface area contributed by atoms with Crippen molar-refractivity contribution < 1.29 is 18.8 Å². The molecule has 6 rings (SSSR count). The van der Waals surface area contributed by atoms with Gasteiger partial charge in [-0.05, 0) is 58.4 Å². The molecule has 3 N–H and O–H groups in total. The quantitative estimate of drug-likeness (QED) is 0.226. The van der Waals surface area contributed by atoms with Crippen LogP contribution in [-0.2, 0) is 4.79 Å². The monoisotopic (exact) mass is 619 g/mol. The smallest absolute Gasteiger partial charge is 0.439 e. The summed E-state index contributed by atoms with van der Waals surface area (Å²) in [6.07, 6.45) is 3.44. The van der Waals surface area contributed by atoms with Gasteiger partial charge in [0.1, 0.15) is 27.8 Å². The standard InChI is InChI=1S/C30H30ClN7O6/c1-14-8-19(16(3)33-21-6-7-22(31)34-23(21)27-35-29(41)44-36-27)26-20(9-14)24(39)15(2)25(43-26)17-10-32-38(11-17)18-12-37(13-18)28(40)30(4,5)42/h6-11,16,18,33,42H,12-13H2,1-5H3,(H,35,36,41). The Balaban J connectivity index is 1.35. The van der Waals surface area contributed by atoms with Crippen LogP contribution < -0.4 is 16.5 Å². The Bertz CT molecular complexity index is 2030. The predicted molar refractivity (Wildman–Crippen MR) is 162 cm³/mol. The maximum absolute atomic E-state index is 13.7. The molecule has 0 bridgehead atoms. The third kappa shape index (κ3) is 5.28. The fourth-order valence-electron chi connectivity index (χ4n) is 5.37. The number of pyridine rings is 1. The predicted octanol–water partition coefficient (Wildman–Crippen LogP) is 3.99. The Labute approximate surface area is 255 Å². The number of aromatic nitrogens is 5. The van der Waals surface area contributed by atoms with Crippen LogP contribution in [0.2, 0.25) is 5.15 Å². The van der Waals surface area contributed by atoms with Gasteiger partial charge >= 0.3 is 5.76 Å². The molecule has 228 valence electrons. The van der Waals surface area contributed by atoms with Gasteiger partial charge in [0.05, 0.1) is 34.9 Å². The van der Waals surface area contributed by atoms with Crippen molar-refractivity contribution in [3.8, 4) is 22.8 Å². The van der Waals surface area contributed by atoms with Crippen LogP contribution in [0.25, 0.3) is 33.8 Å². The number of aryl methyl sites for hydroxylation is 1. The van der Waals surface area contributed by atoms with Crippen molar-refractivity contribution in [2.24, 2.45) is 0 Å². The molecule has 14 heteroatoms. The van der Waals surface area contributed by atoms with Crippen LogP contribution in [0.4, 0.5) is 5.69 Å². The number of nitrogens with one attached hydrogen (secondary N) is 2. The molecule has 1 aliphatic heterocycles. The number of carbonyl (C=O) groups is 1. The Morgan fingerprint density at radius 1 is 1.23 bits per heavy atom. The van der Waals surface area contributed by atoms with Crippen molar-refractivity contribution in [2.45, 2.75) is 52.3 Å². The normalized spacial score (nSPS) is 14.6. The fourth-order valence-corrected chi connectivity index (χ4v) is 5.52. The first-order chi connectivity index (χ1) is 20.8. The number of nitrogens with zero attached hydrogens (tertiary/aromatic N) is 5. The van der Waals surface area contributed by atoms with Gasteiger partial charge < -0.3 is 19.7 Å². The summed E-state index contributed by atoms with van der Waals surface area (Å²) in [6.45, 7) is 9.31. The number of benzene rings is 1. The first kappa shape index (κ1) is 29.3. The summed E-state index contributed by atoms with van der Waals surface area (Å²) in [5.41, 5.74) is 2.30. The van der Waals surface area contributed by atoms with Crippen molar-refractivity contribution in [3.05, 3.63) is 79.3 Å². The average Bonchev–Trinajstić information content (AvgIpc) is 3.59. The summed E-state index contributed by atoms with van der Waals surface area (Å²) in [5, 5.41) is 22.3. The minimum absolute atomic E-state index is 0.0631. The van der Waals surface area contributed by atoms with Gasteiger partial charge in [0, 0.05) is 30.4 Å². The maximum atomic E-state index is 13.7. The number of halogens is 1. The first-order valence-corrected chi connectivity index (χ1v) is 14.3. The van der Waals surface area contributed by atoms with Gasteiger partial charge in [-0.15, -0.1) is 0 Å². The highest BCUT2D eigenvalue weighted by Gasteiger charge is 2.38. The summed E-state index contributed by atoms with van der Waals surface area (Å²) in [5.74, 6) is -0.555. The average molecular weight is 620 g/mol. The lowest BCUT2D eigenvalue weighted by Crippen LogP contribution is -2.56. The molecule has 4 aromatic heterocycles. The number of hydrogen-bond donors (Lipinski definition) is 3. The molecule has 0 spiro atoms. The number of hydrogen-bond acceptors (Lipinski definition) is 10. The second kappa shape index (κ2) is 10.8. The van der Waals surface area contributed by atoms with E-state index in [1.54, 1.807) is 47.1 Å². The van der Waals surface area contributed by atoms with Gasteiger partial charge in [0.2, 0.25) is 5.82 Å². The lowest BCUT2D eigenvalue weighted by molar-refractivity contribution is -0.154. The molecule has 0 radical (unpaired) electrons. The van der Waals surface area contributed by atoms with Crippen molar-refractivity contribution in [1.82, 2.24) is 29.8 Å². The van der Waals surface area contributed by atoms with Crippen molar-refractivity contribution in [2.75, 3.05) is 18.4 Å². The van der Waals surface area contributed by atoms with Crippen LogP contribution in [0.5, 0.6) is 0 Å². The van der Waals surface area contributed by atoms with Crippen molar-refractivity contribution >= 4 is 34.2 Å². The third-order valence-corrected chi connectivity index (χ3v) is 7.88. The topological polar surface area (TPSA) is 172 Å². The van der Waals surface area contributed by atoms with Crippen LogP contribution in [0.15, 0.2) is 55.2 Å². The van der Waals surface area contributed by atoms with Crippen LogP contribution in [0, 0.1) is 13.8 Å². The van der Waals surface area contributed by atoms with Crippen LogP contribution in [-0.4, -0.2) is 59.5 Å². The van der Waals surface area contributed by atoms with Crippen LogP contribution in [0.1, 0.15) is 49.5 Å². The summed E-state index contributed by atoms with van der Waals surface area (Å²) in [4.78, 5) is 46.0. The number of anilines is 1. The van der Waals surface area contributed by atoms with Gasteiger partial charge in [-0.25, -0.2) is 9.78 Å². The van der Waals surface area contributed by atoms with E-state index in [1.165, 1.54) is 13.8 Å². The van der Waals surface area contributed by atoms with Crippen LogP contribution in [0.3, 0.4) is 0 Å². The molecule has 1 amide bonds. The van der Waals surface area contributed by atoms with Crippen molar-refractivity contribution in [1.29, 1.82) is 0 Å². The molecule has 1 fully saturated rings. The number of H-pyrrole nitrogens is 1. The Kier molecular flexibility index (Phi) is 7.17. The zero-order chi connectivity index (χ0) is 31.5. The highest BCUT2D eigenvalue weighted by atomic mass is 35.5. The van der Waals surface area contributed by atoms with Crippen molar-refractivity contribution in [3.63, 3.8) is 0 Å². The number of aromatic amines is 1. The minimum Gasteiger partial charge on any atom is -0.455 e. The minimum atomic E-state index is -1.44. The summed E-state index contributed by atoms with van der Waals surface area (Å²) < 4.78 is 12.9. The van der Waals surface area contributed by atoms with E-state index in [2.05, 4.69) is 30.1 Å². The Morgan fingerprint density at radius 2 is 1.98 bits per heavy atom. The molecule has 1 aliphatic rings. The van der Waals surface area contributed by atoms with Crippen LogP contribution >= 0.6 is 11.6 Å². The van der Waals surface area contributed by atoms with E-state index in [1.807, 2.05) is 19.9 Å². The molecular formula is C30H30ClN7O6. The van der Waals surface area contributed by atoms with E-state index >= 15 is 0 Å². The van der Waals surface area contributed by atoms with Gasteiger partial charge in [-0.3, -0.25) is 23.8 Å². The van der Waals surface area contributed by atoms with E-state index in [0.29, 0.717) is 46.6 Å². The summed E-state index contributed by atoms with van der Waals surface area (Å²) >= 11 is 6.13. The molecule has 13 nitrogen and oxygen atoms in total. The van der Waals surface area contributed by atoms with E-state index < -0.39 is 17.4 Å². The maximum Gasteiger partial charge on any atom is 0.439 e. The number of likely N-dealkylation sites (tertiary alicyclic amines) is 1. The molecular weight excluding hydrogens is 590 g/mol. The zero-order valence-corrected chi connectivity index (χ0v) is 25.4. The number of carbonyl (C=O) groups excluding carboxylic acids is 1. The van der Waals surface area contributed by atoms with E-state index in [-0.39, 0.29) is 34.0 Å². The highest BCUT2D eigenvalue weighted by molar-refractivity contribution is 6.29. The lowest BCUT2D eigenvalue weighted by Gasteiger charge is -2.41. The molecule has 1 atom stereocenters. The molecule has 0 aliphatic carbocycles. The van der Waals surface area contributed by atoms with E-state index in [9.17, 15) is 19.5 Å². The molecule has 5 aromatic rings. The largest absolute Gasteiger partial charge is 0.455 e. The molecule has 1 unspecified atom stereocenters. The number of rotatable bonds is 7. The molecule has 1 saturated heterocycles. The summed E-state index contributed by atoms with van der Waals surface area (Å²) in [6, 6.07) is 6.60. The Hall–Kier alpha value is -4.75. The number of aliphatic hydroxyl groups is 1. The van der Waals surface area contributed by atoms with E-state index in [0.717, 1.165) is 11.1 Å². The second-order valence-electron chi connectivity index (χ2n) is 11.6. The van der Waals surface area contributed by atoms with Gasteiger partial charge in [-0.1, -0.05) is 22.8 Å². The number of amides is 1. The number of fused-ring (bicyclic) bond motifs is 1. The van der Waals surface area contributed by atoms with Gasteiger partial charge in [0.25, 0.3) is 5.91 Å². The highest BCUT2D eigenvalue weighted by Crippen LogP contribution is 2.34. The molecule has 0 saturated carbocycles. The third-order valence-electron chi connectivity index (χ3n) is 7.67. The second-order valence-corrected chi connectivity index (χ2v) is 12.0. The van der Waals surface area contributed by atoms with E-state index in [4.69, 9.17) is 16.0 Å².